The number of hydrogen-bond donors (Lipinski definition) is 2. The molecule has 32 heavy (non-hydrogen) atoms. The van der Waals surface area contributed by atoms with Crippen LogP contribution >= 0.6 is 11.8 Å². The second-order valence-electron chi connectivity index (χ2n) is 9.27. The van der Waals surface area contributed by atoms with Crippen LogP contribution in [0.5, 0.6) is 5.75 Å². The van der Waals surface area contributed by atoms with Crippen LogP contribution in [-0.4, -0.2) is 45.1 Å². The zero-order chi connectivity index (χ0) is 23.3. The van der Waals surface area contributed by atoms with E-state index in [0.29, 0.717) is 11.1 Å². The number of urea groups is 1. The molecule has 174 valence electrons. The van der Waals surface area contributed by atoms with Gasteiger partial charge in [0, 0.05) is 17.1 Å². The SMILES string of the molecule is COc1ccc(-c2nnc(SCC(=O)NC(=O)NC(C)(C)C)n2[C@@H]2CCCC[C@H]2C)cc1. The Morgan fingerprint density at radius 3 is 2.47 bits per heavy atom. The van der Waals surface area contributed by atoms with Crippen LogP contribution in [-0.2, 0) is 4.79 Å². The minimum atomic E-state index is -0.496. The van der Waals surface area contributed by atoms with Crippen molar-refractivity contribution in [2.24, 2.45) is 5.92 Å². The highest BCUT2D eigenvalue weighted by Crippen LogP contribution is 2.39. The van der Waals surface area contributed by atoms with Gasteiger partial charge in [0.15, 0.2) is 11.0 Å². The third-order valence-corrected chi connectivity index (χ3v) is 6.43. The quantitative estimate of drug-likeness (QED) is 0.621. The Bertz CT molecular complexity index is 936. The summed E-state index contributed by atoms with van der Waals surface area (Å²) in [7, 11) is 1.64. The second kappa shape index (κ2) is 10.4. The standard InChI is InChI=1S/C23H33N5O3S/c1-15-8-6-7-9-18(15)28-20(16-10-12-17(31-5)13-11-16)26-27-22(28)32-14-19(29)24-21(30)25-23(2,3)4/h10-13,15,18H,6-9,14H2,1-5H3,(H2,24,25,29,30)/t15-,18-/m1/s1. The summed E-state index contributed by atoms with van der Waals surface area (Å²) in [6.45, 7) is 7.85. The molecule has 3 rings (SSSR count). The Morgan fingerprint density at radius 2 is 1.84 bits per heavy atom. The molecule has 2 N–H and O–H groups in total. The lowest BCUT2D eigenvalue weighted by Crippen LogP contribution is -2.48. The molecule has 0 bridgehead atoms. The van der Waals surface area contributed by atoms with Gasteiger partial charge in [-0.05, 0) is 63.8 Å². The molecule has 1 heterocycles. The van der Waals surface area contributed by atoms with Crippen molar-refractivity contribution in [2.75, 3.05) is 12.9 Å². The molecular weight excluding hydrogens is 426 g/mol. The average molecular weight is 460 g/mol. The maximum Gasteiger partial charge on any atom is 0.321 e. The summed E-state index contributed by atoms with van der Waals surface area (Å²) in [5, 5.41) is 14.7. The van der Waals surface area contributed by atoms with Gasteiger partial charge in [0.05, 0.1) is 12.9 Å². The topological polar surface area (TPSA) is 98.1 Å². The van der Waals surface area contributed by atoms with Crippen LogP contribution in [0.3, 0.4) is 0 Å². The highest BCUT2D eigenvalue weighted by atomic mass is 32.2. The van der Waals surface area contributed by atoms with Gasteiger partial charge >= 0.3 is 6.03 Å². The fourth-order valence-electron chi connectivity index (χ4n) is 3.96. The Labute approximate surface area is 193 Å². The first-order chi connectivity index (χ1) is 15.2. The molecule has 8 nitrogen and oxygen atoms in total. The number of imide groups is 1. The number of methoxy groups -OCH3 is 1. The summed E-state index contributed by atoms with van der Waals surface area (Å²) in [6, 6.07) is 7.55. The highest BCUT2D eigenvalue weighted by Gasteiger charge is 2.29. The minimum Gasteiger partial charge on any atom is -0.497 e. The van der Waals surface area contributed by atoms with E-state index in [1.807, 2.05) is 45.0 Å². The lowest BCUT2D eigenvalue weighted by molar-refractivity contribution is -0.117. The van der Waals surface area contributed by atoms with E-state index >= 15 is 0 Å². The van der Waals surface area contributed by atoms with Crippen LogP contribution in [0.25, 0.3) is 11.4 Å². The van der Waals surface area contributed by atoms with Crippen molar-refractivity contribution in [3.05, 3.63) is 24.3 Å². The molecular formula is C23H33N5O3S. The van der Waals surface area contributed by atoms with Crippen molar-refractivity contribution in [3.63, 3.8) is 0 Å². The summed E-state index contributed by atoms with van der Waals surface area (Å²) >= 11 is 1.31. The fourth-order valence-corrected chi connectivity index (χ4v) is 4.75. The van der Waals surface area contributed by atoms with Gasteiger partial charge in [-0.15, -0.1) is 10.2 Å². The van der Waals surface area contributed by atoms with E-state index < -0.39 is 11.6 Å². The zero-order valence-corrected chi connectivity index (χ0v) is 20.3. The molecule has 0 radical (unpaired) electrons. The van der Waals surface area contributed by atoms with Gasteiger partial charge in [-0.3, -0.25) is 14.7 Å². The van der Waals surface area contributed by atoms with Gasteiger partial charge in [0.2, 0.25) is 5.91 Å². The first-order valence-electron chi connectivity index (χ1n) is 11.0. The number of nitrogens with one attached hydrogen (secondary N) is 2. The molecule has 1 aliphatic rings. The summed E-state index contributed by atoms with van der Waals surface area (Å²) in [5.41, 5.74) is 0.541. The number of rotatable bonds is 6. The van der Waals surface area contributed by atoms with Crippen LogP contribution in [0, 0.1) is 5.92 Å². The van der Waals surface area contributed by atoms with Crippen molar-refractivity contribution in [1.82, 2.24) is 25.4 Å². The number of carbonyl (C=O) groups is 2. The number of thioether (sulfide) groups is 1. The number of hydrogen-bond acceptors (Lipinski definition) is 6. The monoisotopic (exact) mass is 459 g/mol. The first kappa shape index (κ1) is 24.1. The van der Waals surface area contributed by atoms with E-state index in [9.17, 15) is 9.59 Å². The summed E-state index contributed by atoms with van der Waals surface area (Å²) < 4.78 is 7.46. The number of carbonyl (C=O) groups excluding carboxylic acids is 2. The normalized spacial score (nSPS) is 18.8. The molecule has 0 spiro atoms. The predicted molar refractivity (Wildman–Crippen MR) is 126 cm³/mol. The van der Waals surface area contributed by atoms with Gasteiger partial charge in [-0.25, -0.2) is 4.79 Å². The molecule has 1 aliphatic carbocycles. The number of amides is 3. The predicted octanol–water partition coefficient (Wildman–Crippen LogP) is 4.42. The maximum absolute atomic E-state index is 12.3. The third kappa shape index (κ3) is 6.25. The average Bonchev–Trinajstić information content (AvgIpc) is 3.15. The van der Waals surface area contributed by atoms with Gasteiger partial charge < -0.3 is 10.1 Å². The van der Waals surface area contributed by atoms with Crippen LogP contribution in [0.2, 0.25) is 0 Å². The van der Waals surface area contributed by atoms with Gasteiger partial charge in [-0.2, -0.15) is 0 Å². The summed E-state index contributed by atoms with van der Waals surface area (Å²) in [4.78, 5) is 24.3. The summed E-state index contributed by atoms with van der Waals surface area (Å²) in [5.74, 6) is 1.78. The highest BCUT2D eigenvalue weighted by molar-refractivity contribution is 7.99. The molecule has 2 aromatic rings. The lowest BCUT2D eigenvalue weighted by Gasteiger charge is -2.31. The van der Waals surface area contributed by atoms with E-state index in [1.54, 1.807) is 7.11 Å². The first-order valence-corrected chi connectivity index (χ1v) is 12.0. The lowest BCUT2D eigenvalue weighted by atomic mass is 9.85. The smallest absolute Gasteiger partial charge is 0.321 e. The molecule has 2 atom stereocenters. The van der Waals surface area contributed by atoms with Gasteiger partial charge in [-0.1, -0.05) is 31.5 Å². The fraction of sp³-hybridized carbons (Fsp3) is 0.565. The molecule has 0 unspecified atom stereocenters. The molecule has 0 saturated heterocycles. The number of nitrogens with zero attached hydrogens (tertiary/aromatic N) is 3. The van der Waals surface area contributed by atoms with Crippen LogP contribution in [0.1, 0.15) is 59.4 Å². The van der Waals surface area contributed by atoms with Crippen molar-refractivity contribution in [1.29, 1.82) is 0 Å². The number of benzene rings is 1. The molecule has 1 aromatic carbocycles. The Balaban J connectivity index is 1.80. The molecule has 3 amide bonds. The van der Waals surface area contributed by atoms with Crippen LogP contribution in [0.15, 0.2) is 29.4 Å². The maximum atomic E-state index is 12.3. The molecule has 9 heteroatoms. The Kier molecular flexibility index (Phi) is 7.82. The number of ether oxygens (including phenoxy) is 1. The van der Waals surface area contributed by atoms with E-state index in [-0.39, 0.29) is 17.7 Å². The van der Waals surface area contributed by atoms with Crippen molar-refractivity contribution < 1.29 is 14.3 Å². The van der Waals surface area contributed by atoms with Crippen molar-refractivity contribution in [2.45, 2.75) is 70.1 Å². The third-order valence-electron chi connectivity index (χ3n) is 5.48. The second-order valence-corrected chi connectivity index (χ2v) is 10.2. The van der Waals surface area contributed by atoms with Gasteiger partial charge in [0.1, 0.15) is 5.75 Å². The Hall–Kier alpha value is -2.55. The zero-order valence-electron chi connectivity index (χ0n) is 19.5. The Morgan fingerprint density at radius 1 is 1.16 bits per heavy atom. The van der Waals surface area contributed by atoms with Crippen LogP contribution in [0.4, 0.5) is 4.79 Å². The van der Waals surface area contributed by atoms with Gasteiger partial charge in [0.25, 0.3) is 0 Å². The molecule has 0 aliphatic heterocycles. The number of aromatic nitrogens is 3. The van der Waals surface area contributed by atoms with Crippen molar-refractivity contribution >= 4 is 23.7 Å². The molecule has 1 aromatic heterocycles. The molecule has 1 fully saturated rings. The van der Waals surface area contributed by atoms with E-state index in [0.717, 1.165) is 36.4 Å². The van der Waals surface area contributed by atoms with E-state index in [1.165, 1.54) is 18.2 Å². The largest absolute Gasteiger partial charge is 0.497 e. The minimum absolute atomic E-state index is 0.0827. The molecule has 1 saturated carbocycles. The van der Waals surface area contributed by atoms with E-state index in [2.05, 4.69) is 32.3 Å². The van der Waals surface area contributed by atoms with Crippen molar-refractivity contribution in [3.8, 4) is 17.1 Å². The van der Waals surface area contributed by atoms with Crippen LogP contribution < -0.4 is 15.4 Å². The summed E-state index contributed by atoms with van der Waals surface area (Å²) in [6.07, 6.45) is 4.59. The van der Waals surface area contributed by atoms with E-state index in [4.69, 9.17) is 4.74 Å².